The van der Waals surface area contributed by atoms with Crippen LogP contribution >= 0.6 is 0 Å². The van der Waals surface area contributed by atoms with Crippen LogP contribution in [0.4, 0.5) is 0 Å². The molecule has 0 spiro atoms. The van der Waals surface area contributed by atoms with Crippen molar-refractivity contribution in [3.8, 4) is 0 Å². The third kappa shape index (κ3) is 23.9. The van der Waals surface area contributed by atoms with E-state index in [0.717, 1.165) is 0 Å². The third-order valence-corrected chi connectivity index (χ3v) is 1.23. The van der Waals surface area contributed by atoms with Crippen molar-refractivity contribution in [2.75, 3.05) is 13.2 Å². The highest BCUT2D eigenvalue weighted by Gasteiger charge is 1.98. The number of carbonyl (C=O) groups excluding carboxylic acids is 3. The zero-order valence-electron chi connectivity index (χ0n) is 9.20. The lowest BCUT2D eigenvalue weighted by atomic mass is 10.4. The molecule has 0 radical (unpaired) electrons. The van der Waals surface area contributed by atoms with Gasteiger partial charge >= 0.3 is 0 Å². The second kappa shape index (κ2) is 20.7. The Labute approximate surface area is 108 Å². The van der Waals surface area contributed by atoms with Crippen LogP contribution in [-0.2, 0) is 28.6 Å². The predicted octanol–water partition coefficient (Wildman–Crippen LogP) is 0.533. The van der Waals surface area contributed by atoms with Crippen LogP contribution in [0.3, 0.4) is 0 Å². The molecule has 0 rings (SSSR count). The lowest BCUT2D eigenvalue weighted by Gasteiger charge is -2.05. The summed E-state index contributed by atoms with van der Waals surface area (Å²) in [6, 6.07) is 0. The van der Waals surface area contributed by atoms with Crippen molar-refractivity contribution in [1.29, 1.82) is 0 Å². The zero-order chi connectivity index (χ0) is 12.8. The molecule has 0 bridgehead atoms. The summed E-state index contributed by atoms with van der Waals surface area (Å²) in [5.41, 5.74) is 0. The monoisotopic (exact) mass is 268 g/mol. The number of aliphatic hydroxyl groups is 1. The highest BCUT2D eigenvalue weighted by Crippen LogP contribution is 1.86. The van der Waals surface area contributed by atoms with Gasteiger partial charge in [-0.3, -0.25) is 14.4 Å². The van der Waals surface area contributed by atoms with E-state index in [2.05, 4.69) is 14.2 Å². The fourth-order valence-electron chi connectivity index (χ4n) is 0.447. The van der Waals surface area contributed by atoms with E-state index in [4.69, 9.17) is 5.11 Å². The molecule has 7 nitrogen and oxygen atoms in total. The number of rotatable bonds is 8. The van der Waals surface area contributed by atoms with Crippen LogP contribution in [0.1, 0.15) is 28.7 Å². The number of hydrogen-bond acceptors (Lipinski definition) is 7. The summed E-state index contributed by atoms with van der Waals surface area (Å²) in [4.78, 5) is 28.6. The summed E-state index contributed by atoms with van der Waals surface area (Å²) in [6.07, 6.45) is -0.717. The summed E-state index contributed by atoms with van der Waals surface area (Å²) in [6.45, 7) is 4.18. The minimum Gasteiger partial charge on any atom is -0.464 e. The van der Waals surface area contributed by atoms with Crippen molar-refractivity contribution in [3.05, 3.63) is 0 Å². The first-order valence-electron chi connectivity index (χ1n) is 4.46. The van der Waals surface area contributed by atoms with E-state index in [0.29, 0.717) is 19.4 Å². The second-order valence-corrected chi connectivity index (χ2v) is 2.70. The van der Waals surface area contributed by atoms with Crippen molar-refractivity contribution in [1.82, 2.24) is 0 Å². The summed E-state index contributed by atoms with van der Waals surface area (Å²) in [5, 5.41) is 8.18. The molecular formula is C11H24O7. The van der Waals surface area contributed by atoms with Gasteiger partial charge in [0.15, 0.2) is 0 Å². The molecule has 110 valence electrons. The SMILES string of the molecule is C.C.CC(CO)OC=O.CC(COC=O)OC=O. The van der Waals surface area contributed by atoms with Gasteiger partial charge in [0.25, 0.3) is 19.4 Å². The van der Waals surface area contributed by atoms with Crippen molar-refractivity contribution in [2.45, 2.75) is 40.9 Å². The number of hydrogen-bond donors (Lipinski definition) is 1. The standard InChI is InChI=1S/C5H8O4.C4H8O3.2CH4/c1-5(9-4-7)2-8-3-6;1-4(2-5)7-3-6;;/h3-5H,2H2,1H3;3-5H,2H2,1H3;2*1H4. The molecule has 0 saturated carbocycles. The van der Waals surface area contributed by atoms with E-state index < -0.39 is 0 Å². The summed E-state index contributed by atoms with van der Waals surface area (Å²) >= 11 is 0. The Morgan fingerprint density at radius 1 is 0.944 bits per heavy atom. The Bertz CT molecular complexity index is 184. The molecule has 0 aromatic rings. The van der Waals surface area contributed by atoms with Crippen LogP contribution in [0.5, 0.6) is 0 Å². The lowest BCUT2D eigenvalue weighted by molar-refractivity contribution is -0.141. The third-order valence-electron chi connectivity index (χ3n) is 1.23. The molecule has 0 amide bonds. The molecule has 0 heterocycles. The van der Waals surface area contributed by atoms with E-state index >= 15 is 0 Å². The molecule has 18 heavy (non-hydrogen) atoms. The van der Waals surface area contributed by atoms with Crippen molar-refractivity contribution in [2.24, 2.45) is 0 Å². The fraction of sp³-hybridized carbons (Fsp3) is 0.727. The Balaban J connectivity index is -0.000000100. The molecule has 0 aliphatic rings. The van der Waals surface area contributed by atoms with Crippen LogP contribution in [0.25, 0.3) is 0 Å². The van der Waals surface area contributed by atoms with Crippen LogP contribution < -0.4 is 0 Å². The first-order chi connectivity index (χ1) is 7.62. The van der Waals surface area contributed by atoms with E-state index in [1.54, 1.807) is 13.8 Å². The molecule has 0 aromatic heterocycles. The molecule has 2 unspecified atom stereocenters. The topological polar surface area (TPSA) is 99.1 Å². The van der Waals surface area contributed by atoms with Crippen LogP contribution in [-0.4, -0.2) is 49.9 Å². The van der Waals surface area contributed by atoms with Gasteiger partial charge in [-0.15, -0.1) is 0 Å². The fourth-order valence-corrected chi connectivity index (χ4v) is 0.447. The van der Waals surface area contributed by atoms with Gasteiger partial charge in [-0.05, 0) is 13.8 Å². The summed E-state index contributed by atoms with van der Waals surface area (Å²) < 4.78 is 12.9. The maximum absolute atomic E-state index is 9.61. The van der Waals surface area contributed by atoms with Crippen molar-refractivity contribution in [3.63, 3.8) is 0 Å². The maximum Gasteiger partial charge on any atom is 0.293 e. The van der Waals surface area contributed by atoms with Crippen LogP contribution in [0.2, 0.25) is 0 Å². The lowest BCUT2D eigenvalue weighted by Crippen LogP contribution is -2.14. The van der Waals surface area contributed by atoms with E-state index in [1.165, 1.54) is 0 Å². The van der Waals surface area contributed by atoms with Crippen molar-refractivity contribution >= 4 is 19.4 Å². The highest BCUT2D eigenvalue weighted by atomic mass is 16.6. The molecule has 1 N–H and O–H groups in total. The van der Waals surface area contributed by atoms with Gasteiger partial charge in [-0.25, -0.2) is 0 Å². The zero-order valence-corrected chi connectivity index (χ0v) is 9.20. The van der Waals surface area contributed by atoms with Gasteiger partial charge in [0.05, 0.1) is 6.61 Å². The summed E-state index contributed by atoms with van der Waals surface area (Å²) in [5.74, 6) is 0. The van der Waals surface area contributed by atoms with Crippen LogP contribution in [0.15, 0.2) is 0 Å². The molecule has 7 heteroatoms. The Morgan fingerprint density at radius 2 is 1.39 bits per heavy atom. The normalized spacial score (nSPS) is 10.8. The van der Waals surface area contributed by atoms with Gasteiger partial charge < -0.3 is 19.3 Å². The van der Waals surface area contributed by atoms with Gasteiger partial charge in [0.2, 0.25) is 0 Å². The van der Waals surface area contributed by atoms with Crippen molar-refractivity contribution < 1.29 is 33.7 Å². The minimum atomic E-state index is -0.363. The number of carbonyl (C=O) groups is 3. The van der Waals surface area contributed by atoms with E-state index in [9.17, 15) is 14.4 Å². The van der Waals surface area contributed by atoms with E-state index in [1.807, 2.05) is 0 Å². The average Bonchev–Trinajstić information content (AvgIpc) is 2.28. The largest absolute Gasteiger partial charge is 0.464 e. The Hall–Kier alpha value is -1.63. The first kappa shape index (κ1) is 25.3. The quantitative estimate of drug-likeness (QED) is 0.506. The smallest absolute Gasteiger partial charge is 0.293 e. The molecule has 2 atom stereocenters. The minimum absolute atomic E-state index is 0. The molecule has 0 aromatic carbocycles. The van der Waals surface area contributed by atoms with E-state index in [-0.39, 0.29) is 40.3 Å². The first-order valence-corrected chi connectivity index (χ1v) is 4.46. The van der Waals surface area contributed by atoms with Gasteiger partial charge in [0, 0.05) is 0 Å². The molecular weight excluding hydrogens is 244 g/mol. The van der Waals surface area contributed by atoms with Gasteiger partial charge in [-0.1, -0.05) is 14.9 Å². The number of aliphatic hydroxyl groups excluding tert-OH is 1. The number of ether oxygens (including phenoxy) is 3. The summed E-state index contributed by atoms with van der Waals surface area (Å²) in [7, 11) is 0. The average molecular weight is 268 g/mol. The molecule has 0 aliphatic heterocycles. The Morgan fingerprint density at radius 3 is 1.67 bits per heavy atom. The van der Waals surface area contributed by atoms with Gasteiger partial charge in [-0.2, -0.15) is 0 Å². The molecule has 0 fully saturated rings. The maximum atomic E-state index is 9.61. The Kier molecular flexibility index (Phi) is 29.1. The second-order valence-electron chi connectivity index (χ2n) is 2.70. The molecule has 0 saturated heterocycles. The molecule has 0 aliphatic carbocycles. The highest BCUT2D eigenvalue weighted by molar-refractivity contribution is 5.38. The predicted molar refractivity (Wildman–Crippen MR) is 65.8 cm³/mol. The van der Waals surface area contributed by atoms with Crippen LogP contribution in [0, 0.1) is 0 Å². The van der Waals surface area contributed by atoms with Gasteiger partial charge in [0.1, 0.15) is 18.8 Å².